The molecule has 0 bridgehead atoms. The van der Waals surface area contributed by atoms with Crippen LogP contribution in [0.15, 0.2) is 5.10 Å². The van der Waals surface area contributed by atoms with Crippen molar-refractivity contribution < 1.29 is 14.4 Å². The van der Waals surface area contributed by atoms with Crippen molar-refractivity contribution in [2.24, 2.45) is 11.0 Å². The number of unbranched alkanes of at least 4 members (excludes halogenated alkanes) is 1. The highest BCUT2D eigenvalue weighted by molar-refractivity contribution is 8.14. The maximum Gasteiger partial charge on any atom is 0.309 e. The minimum Gasteiger partial charge on any atom is -0.352 e. The Morgan fingerprint density at radius 1 is 1.26 bits per heavy atom. The van der Waals surface area contributed by atoms with Crippen LogP contribution in [0.3, 0.4) is 0 Å². The number of hydrogen-bond donors (Lipinski definition) is 2. The zero-order valence-corrected chi connectivity index (χ0v) is 17.8. The Morgan fingerprint density at radius 2 is 1.96 bits per heavy atom. The van der Waals surface area contributed by atoms with Gasteiger partial charge in [-0.05, 0) is 19.3 Å². The lowest BCUT2D eigenvalue weighted by Crippen LogP contribution is -2.48. The molecule has 0 unspecified atom stereocenters. The van der Waals surface area contributed by atoms with Crippen LogP contribution < -0.4 is 10.7 Å². The Morgan fingerprint density at radius 3 is 2.56 bits per heavy atom. The number of rotatable bonds is 8. The van der Waals surface area contributed by atoms with E-state index in [-0.39, 0.29) is 24.2 Å². The van der Waals surface area contributed by atoms with Crippen molar-refractivity contribution in [2.75, 3.05) is 19.3 Å². The van der Waals surface area contributed by atoms with Gasteiger partial charge in [0.1, 0.15) is 0 Å². The first kappa shape index (κ1) is 23.8. The summed E-state index contributed by atoms with van der Waals surface area (Å²) in [6, 6.07) is -0.765. The van der Waals surface area contributed by atoms with E-state index in [2.05, 4.69) is 15.8 Å². The van der Waals surface area contributed by atoms with E-state index in [1.807, 2.05) is 18.9 Å². The summed E-state index contributed by atoms with van der Waals surface area (Å²) in [6.07, 6.45) is 7.15. The maximum absolute atomic E-state index is 12.5. The molecule has 0 spiro atoms. The third kappa shape index (κ3) is 7.33. The second-order valence-electron chi connectivity index (χ2n) is 7.01. The van der Waals surface area contributed by atoms with Crippen LogP contribution in [0.4, 0.5) is 0 Å². The summed E-state index contributed by atoms with van der Waals surface area (Å²) in [5.41, 5.74) is 2.35. The van der Waals surface area contributed by atoms with Gasteiger partial charge in [-0.3, -0.25) is 14.4 Å². The van der Waals surface area contributed by atoms with Gasteiger partial charge < -0.3 is 10.2 Å². The van der Waals surface area contributed by atoms with Gasteiger partial charge in [-0.1, -0.05) is 50.8 Å². The molecule has 27 heavy (non-hydrogen) atoms. The molecule has 1 heterocycles. The van der Waals surface area contributed by atoms with Crippen LogP contribution in [0.5, 0.6) is 0 Å². The molecular weight excluding hydrogens is 388 g/mol. The summed E-state index contributed by atoms with van der Waals surface area (Å²) in [4.78, 5) is 39.2. The number of hydrazone groups is 1. The quantitative estimate of drug-likeness (QED) is 0.466. The van der Waals surface area contributed by atoms with E-state index >= 15 is 0 Å². The molecular formula is C18H31ClN4O3S. The lowest BCUT2D eigenvalue weighted by molar-refractivity contribution is -0.140. The van der Waals surface area contributed by atoms with E-state index in [0.717, 1.165) is 57.2 Å². The molecule has 7 nitrogen and oxygen atoms in total. The topological polar surface area (TPSA) is 90.9 Å². The summed E-state index contributed by atoms with van der Waals surface area (Å²) >= 11 is 1.54. The molecule has 154 valence electrons. The van der Waals surface area contributed by atoms with E-state index in [0.29, 0.717) is 11.6 Å². The Hall–Kier alpha value is -1.28. The molecule has 2 amide bonds. The number of hydrogen-bond acceptors (Lipinski definition) is 5. The van der Waals surface area contributed by atoms with Crippen molar-refractivity contribution in [2.45, 2.75) is 64.3 Å². The van der Waals surface area contributed by atoms with Gasteiger partial charge in [0.2, 0.25) is 11.7 Å². The third-order valence-corrected chi connectivity index (χ3v) is 5.96. The molecule has 0 radical (unpaired) electrons. The van der Waals surface area contributed by atoms with Gasteiger partial charge in [-0.2, -0.15) is 0 Å². The number of halogens is 1. The molecule has 1 aliphatic heterocycles. The van der Waals surface area contributed by atoms with Crippen LogP contribution >= 0.6 is 24.2 Å². The molecule has 2 rings (SSSR count). The first-order valence-electron chi connectivity index (χ1n) is 9.59. The SMILES string of the molecule is CCCC[C@@H](NC(=O)C1CCCCC1)C(=O)C(=O)N/N=C1\SCCN1C.Cl. The monoisotopic (exact) mass is 418 g/mol. The Balaban J connectivity index is 0.00000364. The molecule has 0 aromatic rings. The molecule has 1 atom stereocenters. The summed E-state index contributed by atoms with van der Waals surface area (Å²) in [5, 5.41) is 7.55. The molecule has 1 saturated carbocycles. The van der Waals surface area contributed by atoms with E-state index in [1.165, 1.54) is 11.8 Å². The summed E-state index contributed by atoms with van der Waals surface area (Å²) in [7, 11) is 1.89. The van der Waals surface area contributed by atoms with Crippen molar-refractivity contribution in [3.8, 4) is 0 Å². The maximum atomic E-state index is 12.5. The number of ketones is 1. The van der Waals surface area contributed by atoms with Gasteiger partial charge in [0.25, 0.3) is 0 Å². The molecule has 9 heteroatoms. The standard InChI is InChI=1S/C18H30N4O3S.ClH/c1-3-4-10-14(19-16(24)13-8-6-5-7-9-13)15(23)17(25)20-21-18-22(2)11-12-26-18;/h13-14H,3-12H2,1-2H3,(H,19,24)(H,20,25);1H/b21-18-;/t14-;/m1./s1. The lowest BCUT2D eigenvalue weighted by atomic mass is 9.88. The summed E-state index contributed by atoms with van der Waals surface area (Å²) in [6.45, 7) is 2.88. The van der Waals surface area contributed by atoms with Gasteiger partial charge in [-0.25, -0.2) is 5.43 Å². The third-order valence-electron chi connectivity index (χ3n) is 4.92. The number of nitrogens with one attached hydrogen (secondary N) is 2. The number of amides is 2. The molecule has 1 saturated heterocycles. The highest BCUT2D eigenvalue weighted by Gasteiger charge is 2.30. The fourth-order valence-corrected chi connectivity index (χ4v) is 4.21. The minimum absolute atomic E-state index is 0. The van der Waals surface area contributed by atoms with Gasteiger partial charge >= 0.3 is 5.91 Å². The summed E-state index contributed by atoms with van der Waals surface area (Å²) in [5.74, 6) is -0.590. The normalized spacial score (nSPS) is 20.1. The minimum atomic E-state index is -0.765. The van der Waals surface area contributed by atoms with E-state index < -0.39 is 17.7 Å². The van der Waals surface area contributed by atoms with Gasteiger partial charge in [-0.15, -0.1) is 17.5 Å². The number of carbonyl (C=O) groups excluding carboxylic acids is 3. The Kier molecular flexibility index (Phi) is 10.8. The Bertz CT molecular complexity index is 553. The predicted octanol–water partition coefficient (Wildman–Crippen LogP) is 2.30. The average Bonchev–Trinajstić information content (AvgIpc) is 3.08. The largest absolute Gasteiger partial charge is 0.352 e. The molecule has 0 aromatic heterocycles. The molecule has 1 aliphatic carbocycles. The average molecular weight is 419 g/mol. The molecule has 2 fully saturated rings. The van der Waals surface area contributed by atoms with Crippen LogP contribution in [0.25, 0.3) is 0 Å². The second-order valence-corrected chi connectivity index (χ2v) is 8.07. The Labute approximate surface area is 171 Å². The van der Waals surface area contributed by atoms with Crippen LogP contribution in [0, 0.1) is 5.92 Å². The van der Waals surface area contributed by atoms with Crippen LogP contribution in [-0.4, -0.2) is 53.1 Å². The van der Waals surface area contributed by atoms with Gasteiger partial charge in [0.15, 0.2) is 5.17 Å². The number of nitrogens with zero attached hydrogens (tertiary/aromatic N) is 2. The number of Topliss-reactive ketones (excluding diaryl/α,β-unsaturated/α-hetero) is 1. The molecule has 2 aliphatic rings. The lowest BCUT2D eigenvalue weighted by Gasteiger charge is -2.24. The number of thioether (sulfide) groups is 1. The predicted molar refractivity (Wildman–Crippen MR) is 111 cm³/mol. The van der Waals surface area contributed by atoms with Crippen molar-refractivity contribution in [1.82, 2.24) is 15.6 Å². The second kappa shape index (κ2) is 12.2. The van der Waals surface area contributed by atoms with Gasteiger partial charge in [0.05, 0.1) is 6.04 Å². The van der Waals surface area contributed by atoms with Gasteiger partial charge in [0, 0.05) is 25.3 Å². The smallest absolute Gasteiger partial charge is 0.309 e. The fourth-order valence-electron chi connectivity index (χ4n) is 3.24. The van der Waals surface area contributed by atoms with Crippen molar-refractivity contribution in [3.63, 3.8) is 0 Å². The van der Waals surface area contributed by atoms with Crippen molar-refractivity contribution in [3.05, 3.63) is 0 Å². The van der Waals surface area contributed by atoms with Crippen molar-refractivity contribution >= 4 is 46.9 Å². The molecule has 2 N–H and O–H groups in total. The highest BCUT2D eigenvalue weighted by atomic mass is 35.5. The molecule has 0 aromatic carbocycles. The van der Waals surface area contributed by atoms with Crippen molar-refractivity contribution in [1.29, 1.82) is 0 Å². The van der Waals surface area contributed by atoms with E-state index in [9.17, 15) is 14.4 Å². The van der Waals surface area contributed by atoms with E-state index in [4.69, 9.17) is 0 Å². The highest BCUT2D eigenvalue weighted by Crippen LogP contribution is 2.24. The summed E-state index contributed by atoms with van der Waals surface area (Å²) < 4.78 is 0. The number of amidine groups is 1. The fraction of sp³-hybridized carbons (Fsp3) is 0.778. The van der Waals surface area contributed by atoms with Crippen LogP contribution in [-0.2, 0) is 14.4 Å². The van der Waals surface area contributed by atoms with E-state index in [1.54, 1.807) is 0 Å². The zero-order valence-electron chi connectivity index (χ0n) is 16.2. The van der Waals surface area contributed by atoms with Crippen LogP contribution in [0.2, 0.25) is 0 Å². The zero-order chi connectivity index (χ0) is 18.9. The first-order valence-corrected chi connectivity index (χ1v) is 10.6. The van der Waals surface area contributed by atoms with Crippen LogP contribution in [0.1, 0.15) is 58.3 Å². The number of carbonyl (C=O) groups is 3. The first-order chi connectivity index (χ1) is 12.5.